The number of amides is 1. The second-order valence-corrected chi connectivity index (χ2v) is 11.7. The van der Waals surface area contributed by atoms with E-state index >= 15 is 0 Å². The third kappa shape index (κ3) is 6.74. The number of thiophene rings is 1. The lowest BCUT2D eigenvalue weighted by molar-refractivity contribution is -0.137. The first kappa shape index (κ1) is 30.5. The minimum atomic E-state index is -4.61. The lowest BCUT2D eigenvalue weighted by Gasteiger charge is -2.12. The maximum atomic E-state index is 13.8. The molecular weight excluding hydrogens is 625 g/mol. The van der Waals surface area contributed by atoms with Gasteiger partial charge in [0.15, 0.2) is 11.4 Å². The third-order valence-corrected chi connectivity index (χ3v) is 8.68. The van der Waals surface area contributed by atoms with Gasteiger partial charge in [-0.05, 0) is 24.3 Å². The van der Waals surface area contributed by atoms with Gasteiger partial charge in [0.25, 0.3) is 16.4 Å². The van der Waals surface area contributed by atoms with Gasteiger partial charge in [-0.15, -0.1) is 11.3 Å². The van der Waals surface area contributed by atoms with E-state index in [1.165, 1.54) is 0 Å². The Kier molecular flexibility index (Phi) is 8.81. The number of hydrogen-bond acceptors (Lipinski definition) is 9. The number of carbonyl (C=O) groups is 1. The van der Waals surface area contributed by atoms with Gasteiger partial charge in [0.2, 0.25) is 0 Å². The fraction of sp³-hybridized carbons (Fsp3) is 0.227. The summed E-state index contributed by atoms with van der Waals surface area (Å²) in [7, 11) is -4.24. The molecule has 3 heterocycles. The van der Waals surface area contributed by atoms with Gasteiger partial charge in [0, 0.05) is 5.56 Å². The van der Waals surface area contributed by atoms with Crippen molar-refractivity contribution in [3.8, 4) is 17.0 Å². The Bertz CT molecular complexity index is 1670. The summed E-state index contributed by atoms with van der Waals surface area (Å²) in [6, 6.07) is 4.33. The van der Waals surface area contributed by atoms with E-state index < -0.39 is 65.0 Å². The topological polar surface area (TPSA) is 155 Å². The van der Waals surface area contributed by atoms with Crippen molar-refractivity contribution in [3.63, 3.8) is 0 Å². The Morgan fingerprint density at radius 1 is 1.15 bits per heavy atom. The Morgan fingerprint density at radius 3 is 2.39 bits per heavy atom. The first-order valence-electron chi connectivity index (χ1n) is 11.1. The summed E-state index contributed by atoms with van der Waals surface area (Å²) < 4.78 is 98.5. The summed E-state index contributed by atoms with van der Waals surface area (Å²) >= 11 is 6.58. The van der Waals surface area contributed by atoms with Crippen molar-refractivity contribution in [1.82, 2.24) is 19.3 Å². The highest BCUT2D eigenvalue weighted by Crippen LogP contribution is 2.36. The summed E-state index contributed by atoms with van der Waals surface area (Å²) in [6.45, 7) is -1.37. The SMILES string of the molecule is O=C(Nc1cc(S(=O)(=O)NC(CO)CO)sc1Cl)Oc1cnn2c(C(F)F)cc(-c3ccc(C(F)(F)F)cc3)nc12. The molecular formula is C22H17ClF5N5O6S2. The molecule has 220 valence electrons. The van der Waals surface area contributed by atoms with Crippen LogP contribution in [0.2, 0.25) is 4.34 Å². The van der Waals surface area contributed by atoms with E-state index in [0.29, 0.717) is 15.9 Å². The maximum absolute atomic E-state index is 13.8. The highest BCUT2D eigenvalue weighted by atomic mass is 35.5. The number of aliphatic hydroxyl groups is 2. The number of benzene rings is 1. The van der Waals surface area contributed by atoms with E-state index in [4.69, 9.17) is 26.6 Å². The maximum Gasteiger partial charge on any atom is 0.417 e. The molecule has 4 N–H and O–H groups in total. The molecule has 0 aliphatic rings. The lowest BCUT2D eigenvalue weighted by atomic mass is 10.1. The van der Waals surface area contributed by atoms with Gasteiger partial charge in [-0.25, -0.2) is 36.2 Å². The Balaban J connectivity index is 1.60. The van der Waals surface area contributed by atoms with Crippen LogP contribution < -0.4 is 14.8 Å². The number of alkyl halides is 5. The van der Waals surface area contributed by atoms with E-state index in [9.17, 15) is 35.2 Å². The van der Waals surface area contributed by atoms with Crippen LogP contribution in [0, 0.1) is 0 Å². The summed E-state index contributed by atoms with van der Waals surface area (Å²) in [5.41, 5.74) is -2.30. The molecule has 0 spiro atoms. The number of nitrogens with zero attached hydrogens (tertiary/aromatic N) is 3. The molecule has 0 atom stereocenters. The van der Waals surface area contributed by atoms with Crippen molar-refractivity contribution in [2.45, 2.75) is 22.9 Å². The monoisotopic (exact) mass is 641 g/mol. The molecule has 3 aromatic heterocycles. The summed E-state index contributed by atoms with van der Waals surface area (Å²) in [6.07, 6.45) is -8.04. The smallest absolute Gasteiger partial charge is 0.404 e. The van der Waals surface area contributed by atoms with Crippen LogP contribution >= 0.6 is 22.9 Å². The van der Waals surface area contributed by atoms with Crippen molar-refractivity contribution in [2.75, 3.05) is 18.5 Å². The molecule has 0 saturated carbocycles. The van der Waals surface area contributed by atoms with Crippen molar-refractivity contribution < 1.29 is 50.1 Å². The zero-order chi connectivity index (χ0) is 30.1. The number of sulfonamides is 1. The predicted molar refractivity (Wildman–Crippen MR) is 136 cm³/mol. The molecule has 0 aliphatic carbocycles. The Hall–Kier alpha value is -3.42. The van der Waals surface area contributed by atoms with Crippen molar-refractivity contribution in [1.29, 1.82) is 0 Å². The highest BCUT2D eigenvalue weighted by molar-refractivity contribution is 7.91. The fourth-order valence-electron chi connectivity index (χ4n) is 3.38. The van der Waals surface area contributed by atoms with Gasteiger partial charge < -0.3 is 14.9 Å². The summed E-state index contributed by atoms with van der Waals surface area (Å²) in [5, 5.41) is 24.2. The van der Waals surface area contributed by atoms with E-state index in [1.54, 1.807) is 0 Å². The molecule has 0 saturated heterocycles. The summed E-state index contributed by atoms with van der Waals surface area (Å²) in [4.78, 5) is 16.7. The second-order valence-electron chi connectivity index (χ2n) is 8.14. The average molecular weight is 642 g/mol. The number of aliphatic hydroxyl groups excluding tert-OH is 2. The van der Waals surface area contributed by atoms with Crippen molar-refractivity contribution in [3.05, 3.63) is 58.2 Å². The fourth-order valence-corrected chi connectivity index (χ4v) is 6.25. The molecule has 0 unspecified atom stereocenters. The van der Waals surface area contributed by atoms with Crippen molar-refractivity contribution in [2.24, 2.45) is 0 Å². The van der Waals surface area contributed by atoms with Crippen LogP contribution in [-0.2, 0) is 16.2 Å². The zero-order valence-corrected chi connectivity index (χ0v) is 22.5. The van der Waals surface area contributed by atoms with Crippen LogP contribution in [0.3, 0.4) is 0 Å². The molecule has 4 aromatic rings. The number of rotatable bonds is 9. The quantitative estimate of drug-likeness (QED) is 0.197. The number of hydrogen-bond donors (Lipinski definition) is 4. The van der Waals surface area contributed by atoms with Gasteiger partial charge in [-0.3, -0.25) is 5.32 Å². The molecule has 11 nitrogen and oxygen atoms in total. The first-order valence-corrected chi connectivity index (χ1v) is 13.8. The van der Waals surface area contributed by atoms with Gasteiger partial charge in [-0.2, -0.15) is 18.3 Å². The molecule has 1 amide bonds. The average Bonchev–Trinajstić information content (AvgIpc) is 3.49. The molecule has 0 fully saturated rings. The molecule has 0 bridgehead atoms. The minimum Gasteiger partial charge on any atom is -0.404 e. The van der Waals surface area contributed by atoms with Crippen LogP contribution in [0.4, 0.5) is 32.4 Å². The number of nitrogens with one attached hydrogen (secondary N) is 2. The molecule has 4 rings (SSSR count). The van der Waals surface area contributed by atoms with Gasteiger partial charge in [-0.1, -0.05) is 23.7 Å². The van der Waals surface area contributed by atoms with Crippen LogP contribution in [0.5, 0.6) is 5.75 Å². The normalized spacial score (nSPS) is 12.4. The van der Waals surface area contributed by atoms with Gasteiger partial charge >= 0.3 is 12.3 Å². The van der Waals surface area contributed by atoms with Gasteiger partial charge in [0.1, 0.15) is 14.2 Å². The number of fused-ring (bicyclic) bond motifs is 1. The number of carbonyl (C=O) groups excluding carboxylic acids is 1. The number of ether oxygens (including phenoxy) is 1. The number of halogens is 6. The van der Waals surface area contributed by atoms with Crippen LogP contribution in [-0.4, -0.2) is 58.6 Å². The van der Waals surface area contributed by atoms with Crippen LogP contribution in [0.1, 0.15) is 17.7 Å². The Morgan fingerprint density at radius 2 is 1.80 bits per heavy atom. The standard InChI is InChI=1S/C22H17ClF5N5O6S2/c23-18-14(6-17(40-18)41(37,38)32-12(8-34)9-35)31-21(36)39-16-7-29-33-15(19(24)25)5-13(30-20(16)33)10-1-3-11(4-2-10)22(26,27)28/h1-7,12,19,32,34-35H,8-9H2,(H,31,36). The number of anilines is 1. The summed E-state index contributed by atoms with van der Waals surface area (Å²) in [5.74, 6) is -0.409. The second kappa shape index (κ2) is 11.8. The molecule has 19 heteroatoms. The van der Waals surface area contributed by atoms with E-state index in [-0.39, 0.29) is 31.1 Å². The lowest BCUT2D eigenvalue weighted by Crippen LogP contribution is -2.39. The zero-order valence-electron chi connectivity index (χ0n) is 20.1. The predicted octanol–water partition coefficient (Wildman–Crippen LogP) is 4.31. The van der Waals surface area contributed by atoms with Crippen molar-refractivity contribution >= 4 is 50.4 Å². The van der Waals surface area contributed by atoms with E-state index in [1.807, 2.05) is 4.72 Å². The van der Waals surface area contributed by atoms with Crippen LogP contribution in [0.25, 0.3) is 16.9 Å². The third-order valence-electron chi connectivity index (χ3n) is 5.33. The largest absolute Gasteiger partial charge is 0.417 e. The first-order chi connectivity index (χ1) is 19.2. The Labute approximate surface area is 236 Å². The molecule has 0 radical (unpaired) electrons. The molecule has 1 aromatic carbocycles. The number of aromatic nitrogens is 3. The van der Waals surface area contributed by atoms with E-state index in [2.05, 4.69) is 15.4 Å². The van der Waals surface area contributed by atoms with Crippen LogP contribution in [0.15, 0.2) is 46.8 Å². The molecule has 41 heavy (non-hydrogen) atoms. The molecule has 0 aliphatic heterocycles. The minimum absolute atomic E-state index is 0.0658. The van der Waals surface area contributed by atoms with Gasteiger partial charge in [0.05, 0.1) is 42.4 Å². The highest BCUT2D eigenvalue weighted by Gasteiger charge is 2.30. The van der Waals surface area contributed by atoms with E-state index in [0.717, 1.165) is 42.6 Å².